The number of aryl methyl sites for hydroxylation is 1. The Bertz CT molecular complexity index is 2510. The predicted octanol–water partition coefficient (Wildman–Crippen LogP) is 8.19. The third-order valence-corrected chi connectivity index (χ3v) is 11.5. The summed E-state index contributed by atoms with van der Waals surface area (Å²) in [5, 5.41) is 0.0898. The molecule has 2 atom stereocenters. The normalized spacial score (nSPS) is 15.9. The van der Waals surface area contributed by atoms with Crippen LogP contribution in [0, 0.1) is 12.7 Å². The first-order valence-electron chi connectivity index (χ1n) is 20.3. The van der Waals surface area contributed by atoms with Crippen LogP contribution in [-0.2, 0) is 19.3 Å². The number of nitrogens with two attached hydrogens (primary N) is 1. The highest BCUT2D eigenvalue weighted by atomic mass is 19.4. The summed E-state index contributed by atoms with van der Waals surface area (Å²) < 4.78 is 84.2. The minimum absolute atomic E-state index is 0.0254. The summed E-state index contributed by atoms with van der Waals surface area (Å²) in [6.45, 7) is 5.50. The topological polar surface area (TPSA) is 137 Å². The number of alkyl halides is 3. The molecule has 8 rings (SSSR count). The van der Waals surface area contributed by atoms with Crippen molar-refractivity contribution in [3.8, 4) is 34.6 Å². The van der Waals surface area contributed by atoms with E-state index in [1.165, 1.54) is 6.92 Å². The average Bonchev–Trinajstić information content (AvgIpc) is 3.58. The number of ether oxygens (including phenoxy) is 4. The lowest BCUT2D eigenvalue weighted by Gasteiger charge is -2.33. The molecule has 6 heterocycles. The Morgan fingerprint density at radius 3 is 2.23 bits per heavy atom. The first-order chi connectivity index (χ1) is 29.8. The highest BCUT2D eigenvalue weighted by Crippen LogP contribution is 2.45. The van der Waals surface area contributed by atoms with Crippen molar-refractivity contribution in [2.75, 3.05) is 63.1 Å². The SMILES string of the molecule is COc1ccc(CN(Cc2ccc(OC)cc2)c2ncccc2[C@@H](C)N2CCOc3nc(-c4cc(N)nc(C)c4C(F)(F)F)c(F)c4nc(OC[C@@H]5CCCN5C)nc2c34)cc1. The maximum absolute atomic E-state index is 17.2. The molecule has 0 amide bonds. The van der Waals surface area contributed by atoms with E-state index in [-0.39, 0.29) is 60.2 Å². The van der Waals surface area contributed by atoms with Gasteiger partial charge in [0.1, 0.15) is 58.8 Å². The monoisotopic (exact) mass is 853 g/mol. The standard InChI is InChI=1S/C45H47F4N9O4/c1-26-37(45(47,48)49)34(22-35(50)52-26)39-38(46)40-36-42(55-44(54-40)62-25-30-8-7-19-56(30)3)58(20-21-61-43(36)53-39)27(2)33-9-6-18-51-41(33)57(23-28-10-14-31(59-4)15-11-28)24-29-12-16-32(60-5)17-13-29/h6,9-18,22,27,30H,7-8,19-21,23-25H2,1-5H3,(H2,50,52)/t27-,30+/m1/s1. The van der Waals surface area contributed by atoms with Gasteiger partial charge in [-0.2, -0.15) is 23.1 Å². The number of halogens is 4. The lowest BCUT2D eigenvalue weighted by molar-refractivity contribution is -0.137. The minimum Gasteiger partial charge on any atom is -0.497 e. The molecule has 2 aliphatic rings. The molecule has 13 nitrogen and oxygen atoms in total. The second kappa shape index (κ2) is 17.5. The van der Waals surface area contributed by atoms with E-state index in [0.717, 1.165) is 53.6 Å². The largest absolute Gasteiger partial charge is 0.497 e. The van der Waals surface area contributed by atoms with Crippen LogP contribution in [0.2, 0.25) is 0 Å². The summed E-state index contributed by atoms with van der Waals surface area (Å²) in [5.74, 6) is 0.933. The minimum atomic E-state index is -4.90. The molecule has 2 aliphatic heterocycles. The Labute approximate surface area is 356 Å². The molecular formula is C45H47F4N9O4. The second-order valence-electron chi connectivity index (χ2n) is 15.5. The molecule has 0 spiro atoms. The van der Waals surface area contributed by atoms with Crippen LogP contribution >= 0.6 is 0 Å². The fourth-order valence-corrected chi connectivity index (χ4v) is 8.26. The van der Waals surface area contributed by atoms with Crippen LogP contribution in [0.25, 0.3) is 22.2 Å². The smallest absolute Gasteiger partial charge is 0.418 e. The number of likely N-dealkylation sites (tertiary alicyclic amines) is 1. The predicted molar refractivity (Wildman–Crippen MR) is 227 cm³/mol. The lowest BCUT2D eigenvalue weighted by atomic mass is 10.0. The van der Waals surface area contributed by atoms with E-state index in [1.807, 2.05) is 79.5 Å². The van der Waals surface area contributed by atoms with E-state index in [9.17, 15) is 13.2 Å². The van der Waals surface area contributed by atoms with Gasteiger partial charge in [0.25, 0.3) is 0 Å². The maximum atomic E-state index is 17.2. The summed E-state index contributed by atoms with van der Waals surface area (Å²) >= 11 is 0. The molecule has 1 saturated heterocycles. The molecule has 2 aromatic carbocycles. The number of nitrogen functional groups attached to an aromatic ring is 1. The molecule has 4 aromatic heterocycles. The van der Waals surface area contributed by atoms with Crippen LogP contribution in [-0.4, -0.2) is 83.4 Å². The van der Waals surface area contributed by atoms with E-state index >= 15 is 4.39 Å². The molecule has 0 radical (unpaired) electrons. The number of likely N-dealkylation sites (N-methyl/N-ethyl adjacent to an activating group) is 1. The van der Waals surface area contributed by atoms with Crippen molar-refractivity contribution in [1.29, 1.82) is 0 Å². The fourth-order valence-electron chi connectivity index (χ4n) is 8.26. The zero-order valence-corrected chi connectivity index (χ0v) is 35.0. The highest BCUT2D eigenvalue weighted by molar-refractivity contribution is 5.97. The molecule has 0 saturated carbocycles. The Morgan fingerprint density at radius 1 is 0.935 bits per heavy atom. The van der Waals surface area contributed by atoms with Gasteiger partial charge in [0.05, 0.1) is 38.1 Å². The van der Waals surface area contributed by atoms with Crippen LogP contribution in [0.5, 0.6) is 23.4 Å². The lowest BCUT2D eigenvalue weighted by Crippen LogP contribution is -2.33. The van der Waals surface area contributed by atoms with E-state index in [1.54, 1.807) is 20.4 Å². The molecular weight excluding hydrogens is 807 g/mol. The van der Waals surface area contributed by atoms with E-state index in [0.29, 0.717) is 18.9 Å². The van der Waals surface area contributed by atoms with Gasteiger partial charge in [-0.1, -0.05) is 30.3 Å². The number of aromatic nitrogens is 5. The summed E-state index contributed by atoms with van der Waals surface area (Å²) in [6, 6.07) is 19.9. The third-order valence-electron chi connectivity index (χ3n) is 11.5. The van der Waals surface area contributed by atoms with Gasteiger partial charge < -0.3 is 39.4 Å². The van der Waals surface area contributed by atoms with Crippen LogP contribution in [0.3, 0.4) is 0 Å². The summed E-state index contributed by atoms with van der Waals surface area (Å²) in [5.41, 5.74) is 5.70. The van der Waals surface area contributed by atoms with Gasteiger partial charge in [-0.3, -0.25) is 0 Å². The van der Waals surface area contributed by atoms with Gasteiger partial charge in [-0.15, -0.1) is 0 Å². The molecule has 0 unspecified atom stereocenters. The van der Waals surface area contributed by atoms with Crippen LogP contribution in [0.1, 0.15) is 53.8 Å². The number of benzene rings is 2. The van der Waals surface area contributed by atoms with Crippen molar-refractivity contribution < 1.29 is 36.5 Å². The summed E-state index contributed by atoms with van der Waals surface area (Å²) in [6.07, 6.45) is -1.29. The molecule has 17 heteroatoms. The van der Waals surface area contributed by atoms with E-state index in [4.69, 9.17) is 34.6 Å². The zero-order chi connectivity index (χ0) is 43.7. The summed E-state index contributed by atoms with van der Waals surface area (Å²) in [4.78, 5) is 28.9. The van der Waals surface area contributed by atoms with Gasteiger partial charge >= 0.3 is 12.2 Å². The number of hydrogen-bond acceptors (Lipinski definition) is 13. The Hall–Kier alpha value is -6.49. The average molecular weight is 854 g/mol. The van der Waals surface area contributed by atoms with Crippen molar-refractivity contribution in [2.45, 2.75) is 58.0 Å². The van der Waals surface area contributed by atoms with Gasteiger partial charge in [-0.25, -0.2) is 19.3 Å². The number of pyridine rings is 3. The van der Waals surface area contributed by atoms with E-state index < -0.39 is 40.6 Å². The first-order valence-corrected chi connectivity index (χ1v) is 20.3. The Kier molecular flexibility index (Phi) is 11.9. The van der Waals surface area contributed by atoms with Gasteiger partial charge in [-0.05, 0) is 87.8 Å². The summed E-state index contributed by atoms with van der Waals surface area (Å²) in [7, 11) is 5.25. The second-order valence-corrected chi connectivity index (χ2v) is 15.5. The van der Waals surface area contributed by atoms with E-state index in [2.05, 4.69) is 24.8 Å². The van der Waals surface area contributed by atoms with Crippen molar-refractivity contribution in [2.24, 2.45) is 0 Å². The Morgan fingerprint density at radius 2 is 1.61 bits per heavy atom. The molecule has 1 fully saturated rings. The number of methoxy groups -OCH3 is 2. The molecule has 62 heavy (non-hydrogen) atoms. The van der Waals surface area contributed by atoms with Gasteiger partial charge in [0.15, 0.2) is 5.82 Å². The molecule has 6 aromatic rings. The fraction of sp³-hybridized carbons (Fsp3) is 0.356. The van der Waals surface area contributed by atoms with Gasteiger partial charge in [0, 0.05) is 36.5 Å². The number of nitrogens with zero attached hydrogens (tertiary/aromatic N) is 8. The van der Waals surface area contributed by atoms with Crippen LogP contribution in [0.4, 0.5) is 35.0 Å². The van der Waals surface area contributed by atoms with Crippen molar-refractivity contribution >= 4 is 28.4 Å². The zero-order valence-electron chi connectivity index (χ0n) is 35.0. The van der Waals surface area contributed by atoms with Crippen LogP contribution in [0.15, 0.2) is 72.9 Å². The van der Waals surface area contributed by atoms with Crippen molar-refractivity contribution in [3.63, 3.8) is 0 Å². The molecule has 0 bridgehead atoms. The molecule has 324 valence electrons. The molecule has 0 aliphatic carbocycles. The number of rotatable bonds is 13. The third kappa shape index (κ3) is 8.53. The van der Waals surface area contributed by atoms with Crippen LogP contribution < -0.4 is 34.5 Å². The van der Waals surface area contributed by atoms with Crippen molar-refractivity contribution in [3.05, 3.63) is 107 Å². The quantitative estimate of drug-likeness (QED) is 0.112. The Balaban J connectivity index is 1.26. The van der Waals surface area contributed by atoms with Gasteiger partial charge in [0.2, 0.25) is 5.88 Å². The highest BCUT2D eigenvalue weighted by Gasteiger charge is 2.39. The van der Waals surface area contributed by atoms with Crippen molar-refractivity contribution in [1.82, 2.24) is 29.8 Å². The number of hydrogen-bond donors (Lipinski definition) is 1. The first kappa shape index (κ1) is 42.2. The number of anilines is 3. The molecule has 2 N–H and O–H groups in total. The maximum Gasteiger partial charge on any atom is 0.418 e.